The van der Waals surface area contributed by atoms with Crippen molar-refractivity contribution in [2.75, 3.05) is 13.4 Å². The highest BCUT2D eigenvalue weighted by Crippen LogP contribution is 2.40. The van der Waals surface area contributed by atoms with Crippen LogP contribution in [-0.4, -0.2) is 42.7 Å². The number of esters is 1. The van der Waals surface area contributed by atoms with Gasteiger partial charge >= 0.3 is 5.97 Å². The molecule has 0 amide bonds. The number of nitrogens with zero attached hydrogens (tertiary/aromatic N) is 2. The molecule has 4 rings (SSSR count). The molecule has 0 saturated carbocycles. The number of sulfone groups is 1. The first-order valence-electron chi connectivity index (χ1n) is 10.7. The molecule has 0 aliphatic rings. The van der Waals surface area contributed by atoms with Crippen LogP contribution in [0.25, 0.3) is 11.1 Å². The number of carbonyl (C=O) groups excluding carboxylic acids is 1. The predicted octanol–water partition coefficient (Wildman–Crippen LogP) is 3.72. The second kappa shape index (κ2) is 9.61. The van der Waals surface area contributed by atoms with E-state index >= 15 is 0 Å². The summed E-state index contributed by atoms with van der Waals surface area (Å²) < 4.78 is 30.4. The summed E-state index contributed by atoms with van der Waals surface area (Å²) >= 11 is 0. The first-order valence-corrected chi connectivity index (χ1v) is 12.6. The van der Waals surface area contributed by atoms with Gasteiger partial charge in [0.05, 0.1) is 13.5 Å². The summed E-state index contributed by atoms with van der Waals surface area (Å²) in [6, 6.07) is 18.4. The normalized spacial score (nSPS) is 13.2. The van der Waals surface area contributed by atoms with Gasteiger partial charge < -0.3 is 9.72 Å². The minimum absolute atomic E-state index is 0.0583. The first-order chi connectivity index (χ1) is 16.3. The Bertz CT molecular complexity index is 1370. The smallest absolute Gasteiger partial charge is 0.309 e. The second-order valence-electron chi connectivity index (χ2n) is 8.14. The van der Waals surface area contributed by atoms with Crippen molar-refractivity contribution in [3.63, 3.8) is 0 Å². The molecule has 4 aromatic rings. The standard InChI is InChI=1S/C26H25N3O4S/c1-33-25(30)14-20-5-3-6-23(13-20)26(34(2,31)32,24-7-4-12-29-24)15-19-8-10-21(11-9-19)22-16-27-18-28-17-22/h3-13,16-18,29H,14-15H2,1-2H3. The fraction of sp³-hybridized carbons (Fsp3) is 0.192. The second-order valence-corrected chi connectivity index (χ2v) is 10.4. The maximum Gasteiger partial charge on any atom is 0.309 e. The van der Waals surface area contributed by atoms with Gasteiger partial charge in [-0.3, -0.25) is 4.79 Å². The Morgan fingerprint density at radius 1 is 0.971 bits per heavy atom. The van der Waals surface area contributed by atoms with Gasteiger partial charge in [-0.25, -0.2) is 18.4 Å². The molecular formula is C26H25N3O4S. The number of methoxy groups -OCH3 is 1. The molecule has 2 aromatic heterocycles. The van der Waals surface area contributed by atoms with E-state index in [2.05, 4.69) is 15.0 Å². The molecule has 0 spiro atoms. The van der Waals surface area contributed by atoms with Gasteiger partial charge in [-0.2, -0.15) is 0 Å². The van der Waals surface area contributed by atoms with E-state index in [0.717, 1.165) is 16.7 Å². The Morgan fingerprint density at radius 2 is 1.71 bits per heavy atom. The van der Waals surface area contributed by atoms with Crippen LogP contribution in [0.1, 0.15) is 22.4 Å². The molecule has 0 fully saturated rings. The third-order valence-electron chi connectivity index (χ3n) is 5.94. The molecule has 7 nitrogen and oxygen atoms in total. The fourth-order valence-corrected chi connectivity index (χ4v) is 5.71. The number of hydrogen-bond donors (Lipinski definition) is 1. The molecule has 174 valence electrons. The lowest BCUT2D eigenvalue weighted by atomic mass is 9.86. The van der Waals surface area contributed by atoms with Crippen LogP contribution >= 0.6 is 0 Å². The number of carbonyl (C=O) groups is 1. The zero-order chi connectivity index (χ0) is 24.2. The SMILES string of the molecule is COC(=O)Cc1cccc(C(Cc2ccc(-c3cncnc3)cc2)(c2ccc[nH]2)S(C)(=O)=O)c1. The minimum Gasteiger partial charge on any atom is -0.469 e. The fourth-order valence-electron chi connectivity index (χ4n) is 4.20. The monoisotopic (exact) mass is 475 g/mol. The first kappa shape index (κ1) is 23.4. The largest absolute Gasteiger partial charge is 0.469 e. The molecule has 0 saturated heterocycles. The predicted molar refractivity (Wildman–Crippen MR) is 130 cm³/mol. The molecular weight excluding hydrogens is 450 g/mol. The van der Waals surface area contributed by atoms with Crippen LogP contribution < -0.4 is 0 Å². The number of hydrogen-bond acceptors (Lipinski definition) is 6. The molecule has 8 heteroatoms. The van der Waals surface area contributed by atoms with Crippen LogP contribution in [0.2, 0.25) is 0 Å². The molecule has 0 aliphatic heterocycles. The van der Waals surface area contributed by atoms with Gasteiger partial charge in [0.1, 0.15) is 11.1 Å². The van der Waals surface area contributed by atoms with Crippen LogP contribution in [-0.2, 0) is 37.0 Å². The van der Waals surface area contributed by atoms with E-state index in [1.807, 2.05) is 24.3 Å². The lowest BCUT2D eigenvalue weighted by molar-refractivity contribution is -0.139. The molecule has 0 bridgehead atoms. The molecule has 2 heterocycles. The number of H-pyrrole nitrogens is 1. The van der Waals surface area contributed by atoms with Crippen LogP contribution in [0.4, 0.5) is 0 Å². The van der Waals surface area contributed by atoms with Gasteiger partial charge in [0, 0.05) is 42.5 Å². The number of benzene rings is 2. The lowest BCUT2D eigenvalue weighted by Gasteiger charge is -2.32. The Labute approximate surface area is 198 Å². The van der Waals surface area contributed by atoms with Crippen molar-refractivity contribution < 1.29 is 17.9 Å². The molecule has 2 aromatic carbocycles. The molecule has 1 N–H and O–H groups in total. The van der Waals surface area contributed by atoms with Crippen LogP contribution in [0.5, 0.6) is 0 Å². The van der Waals surface area contributed by atoms with Gasteiger partial charge in [0.25, 0.3) is 0 Å². The Morgan fingerprint density at radius 3 is 2.32 bits per heavy atom. The summed E-state index contributed by atoms with van der Waals surface area (Å²) in [6.07, 6.45) is 8.16. The summed E-state index contributed by atoms with van der Waals surface area (Å²) in [4.78, 5) is 23.1. The van der Waals surface area contributed by atoms with Crippen molar-refractivity contribution in [3.8, 4) is 11.1 Å². The summed E-state index contributed by atoms with van der Waals surface area (Å²) in [6.45, 7) is 0. The quantitative estimate of drug-likeness (QED) is 0.390. The average Bonchev–Trinajstić information content (AvgIpc) is 3.38. The Balaban J connectivity index is 1.81. The maximum atomic E-state index is 13.5. The van der Waals surface area contributed by atoms with E-state index in [4.69, 9.17) is 4.74 Å². The maximum absolute atomic E-state index is 13.5. The third kappa shape index (κ3) is 4.63. The van der Waals surface area contributed by atoms with E-state index in [1.54, 1.807) is 55.0 Å². The number of nitrogens with one attached hydrogen (secondary N) is 1. The molecule has 1 atom stereocenters. The topological polar surface area (TPSA) is 102 Å². The highest BCUT2D eigenvalue weighted by molar-refractivity contribution is 7.91. The zero-order valence-corrected chi connectivity index (χ0v) is 19.7. The molecule has 0 radical (unpaired) electrons. The van der Waals surface area contributed by atoms with E-state index in [-0.39, 0.29) is 18.8 Å². The summed E-state index contributed by atoms with van der Waals surface area (Å²) in [5, 5.41) is 0. The van der Waals surface area contributed by atoms with Gasteiger partial charge in [-0.05, 0) is 34.4 Å². The molecule has 34 heavy (non-hydrogen) atoms. The minimum atomic E-state index is -3.68. The van der Waals surface area contributed by atoms with Gasteiger partial charge in [-0.15, -0.1) is 0 Å². The average molecular weight is 476 g/mol. The Kier molecular flexibility index (Phi) is 6.61. The van der Waals surface area contributed by atoms with Crippen molar-refractivity contribution in [1.82, 2.24) is 15.0 Å². The van der Waals surface area contributed by atoms with Gasteiger partial charge in [-0.1, -0.05) is 48.5 Å². The molecule has 0 aliphatic carbocycles. The van der Waals surface area contributed by atoms with E-state index in [9.17, 15) is 13.2 Å². The molecule has 1 unspecified atom stereocenters. The zero-order valence-electron chi connectivity index (χ0n) is 18.9. The van der Waals surface area contributed by atoms with E-state index in [1.165, 1.54) is 19.7 Å². The van der Waals surface area contributed by atoms with Crippen LogP contribution in [0.3, 0.4) is 0 Å². The van der Waals surface area contributed by atoms with Crippen molar-refractivity contribution in [2.24, 2.45) is 0 Å². The van der Waals surface area contributed by atoms with Crippen molar-refractivity contribution in [2.45, 2.75) is 17.6 Å². The van der Waals surface area contributed by atoms with Crippen molar-refractivity contribution in [1.29, 1.82) is 0 Å². The van der Waals surface area contributed by atoms with Crippen molar-refractivity contribution in [3.05, 3.63) is 108 Å². The van der Waals surface area contributed by atoms with Gasteiger partial charge in [0.2, 0.25) is 0 Å². The van der Waals surface area contributed by atoms with E-state index in [0.29, 0.717) is 16.8 Å². The van der Waals surface area contributed by atoms with Crippen LogP contribution in [0, 0.1) is 0 Å². The van der Waals surface area contributed by atoms with Crippen LogP contribution in [0.15, 0.2) is 85.6 Å². The third-order valence-corrected chi connectivity index (χ3v) is 7.80. The number of aromatic amines is 1. The lowest BCUT2D eigenvalue weighted by Crippen LogP contribution is -2.39. The van der Waals surface area contributed by atoms with E-state index < -0.39 is 14.6 Å². The number of rotatable bonds is 8. The number of aromatic nitrogens is 3. The van der Waals surface area contributed by atoms with Gasteiger partial charge in [0.15, 0.2) is 9.84 Å². The number of ether oxygens (including phenoxy) is 1. The highest BCUT2D eigenvalue weighted by Gasteiger charge is 2.45. The summed E-state index contributed by atoms with van der Waals surface area (Å²) in [7, 11) is -2.35. The summed E-state index contributed by atoms with van der Waals surface area (Å²) in [5.74, 6) is -0.387. The van der Waals surface area contributed by atoms with Crippen molar-refractivity contribution >= 4 is 15.8 Å². The summed E-state index contributed by atoms with van der Waals surface area (Å²) in [5.41, 5.74) is 4.49. The highest BCUT2D eigenvalue weighted by atomic mass is 32.2. The Hall–Kier alpha value is -3.78.